The Labute approximate surface area is 79.1 Å². The van der Waals surface area contributed by atoms with Crippen LogP contribution in [0.4, 0.5) is 0 Å². The van der Waals surface area contributed by atoms with Crippen molar-refractivity contribution in [2.45, 2.75) is 20.3 Å². The average molecular weight is 186 g/mol. The predicted octanol–water partition coefficient (Wildman–Crippen LogP) is 0.0187. The quantitative estimate of drug-likeness (QED) is 0.658. The Morgan fingerprint density at radius 1 is 1.46 bits per heavy atom. The molecule has 1 amide bonds. The van der Waals surface area contributed by atoms with Crippen LogP contribution in [0.25, 0.3) is 0 Å². The van der Waals surface area contributed by atoms with Gasteiger partial charge in [0.25, 0.3) is 0 Å². The highest BCUT2D eigenvalue weighted by Crippen LogP contribution is 2.06. The number of hydrogen-bond acceptors (Lipinski definition) is 3. The van der Waals surface area contributed by atoms with Crippen LogP contribution in [0.1, 0.15) is 20.3 Å². The number of ketones is 1. The Balaban J connectivity index is 4.01. The van der Waals surface area contributed by atoms with Crippen molar-refractivity contribution in [3.63, 3.8) is 0 Å². The molecule has 76 valence electrons. The van der Waals surface area contributed by atoms with Gasteiger partial charge < -0.3 is 15.4 Å². The highest BCUT2D eigenvalue weighted by Gasteiger charge is 2.17. The maximum atomic E-state index is 11.5. The molecule has 4 nitrogen and oxygen atoms in total. The standard InChI is InChI=1S/C9H18N2O2/c1-7(6-8(2)12)9(13)11(3)5-4-10/h7H,4-6,10H2,1-3H3. The molecular formula is C9H18N2O2. The van der Waals surface area contributed by atoms with E-state index in [0.717, 1.165) is 0 Å². The fourth-order valence-electron chi connectivity index (χ4n) is 1.20. The monoisotopic (exact) mass is 186 g/mol. The van der Waals surface area contributed by atoms with Gasteiger partial charge in [0, 0.05) is 32.5 Å². The Morgan fingerprint density at radius 3 is 2.38 bits per heavy atom. The van der Waals surface area contributed by atoms with Crippen LogP contribution in [-0.2, 0) is 9.59 Å². The molecule has 0 saturated carbocycles. The zero-order valence-corrected chi connectivity index (χ0v) is 8.54. The molecule has 0 heterocycles. The summed E-state index contributed by atoms with van der Waals surface area (Å²) in [6.07, 6.45) is 0.313. The van der Waals surface area contributed by atoms with Crippen molar-refractivity contribution in [1.82, 2.24) is 4.90 Å². The van der Waals surface area contributed by atoms with Crippen molar-refractivity contribution in [2.75, 3.05) is 20.1 Å². The summed E-state index contributed by atoms with van der Waals surface area (Å²) in [6, 6.07) is 0. The third-order valence-corrected chi connectivity index (χ3v) is 1.86. The first-order valence-corrected chi connectivity index (χ1v) is 4.43. The number of nitrogens with zero attached hydrogens (tertiary/aromatic N) is 1. The molecule has 0 aromatic carbocycles. The second kappa shape index (κ2) is 5.70. The molecule has 1 unspecified atom stereocenters. The molecule has 2 N–H and O–H groups in total. The Hall–Kier alpha value is -0.900. The van der Waals surface area contributed by atoms with E-state index in [9.17, 15) is 9.59 Å². The number of carbonyl (C=O) groups excluding carboxylic acids is 2. The van der Waals surface area contributed by atoms with E-state index in [4.69, 9.17) is 5.73 Å². The first-order valence-electron chi connectivity index (χ1n) is 4.43. The summed E-state index contributed by atoms with van der Waals surface area (Å²) in [4.78, 5) is 23.8. The fraction of sp³-hybridized carbons (Fsp3) is 0.778. The number of Topliss-reactive ketones (excluding diaryl/α,β-unsaturated/α-hetero) is 1. The smallest absolute Gasteiger partial charge is 0.225 e. The van der Waals surface area contributed by atoms with Crippen molar-refractivity contribution in [3.05, 3.63) is 0 Å². The molecule has 1 atom stereocenters. The number of carbonyl (C=O) groups is 2. The lowest BCUT2D eigenvalue weighted by molar-refractivity contribution is -0.135. The van der Waals surface area contributed by atoms with E-state index in [1.54, 1.807) is 18.9 Å². The highest BCUT2D eigenvalue weighted by atomic mass is 16.2. The molecule has 0 aromatic rings. The molecule has 0 saturated heterocycles. The van der Waals surface area contributed by atoms with Crippen LogP contribution in [0.5, 0.6) is 0 Å². The minimum Gasteiger partial charge on any atom is -0.344 e. The lowest BCUT2D eigenvalue weighted by Crippen LogP contribution is -2.35. The molecule has 0 aromatic heterocycles. The molecule has 4 heteroatoms. The summed E-state index contributed by atoms with van der Waals surface area (Å²) in [5.74, 6) is -0.198. The molecule has 0 aliphatic heterocycles. The number of rotatable bonds is 5. The van der Waals surface area contributed by atoms with Gasteiger partial charge in [0.2, 0.25) is 5.91 Å². The van der Waals surface area contributed by atoms with Crippen molar-refractivity contribution in [3.8, 4) is 0 Å². The zero-order valence-electron chi connectivity index (χ0n) is 8.54. The molecular weight excluding hydrogens is 168 g/mol. The molecule has 0 rings (SSSR count). The SMILES string of the molecule is CC(=O)CC(C)C(=O)N(C)CCN. The summed E-state index contributed by atoms with van der Waals surface area (Å²) in [7, 11) is 1.70. The van der Waals surface area contributed by atoms with Gasteiger partial charge in [-0.2, -0.15) is 0 Å². The van der Waals surface area contributed by atoms with Gasteiger partial charge in [0.05, 0.1) is 0 Å². The van der Waals surface area contributed by atoms with Crippen molar-refractivity contribution in [1.29, 1.82) is 0 Å². The van der Waals surface area contributed by atoms with Crippen molar-refractivity contribution in [2.24, 2.45) is 11.7 Å². The topological polar surface area (TPSA) is 63.4 Å². The van der Waals surface area contributed by atoms with Crippen LogP contribution in [-0.4, -0.2) is 36.7 Å². The molecule has 0 spiro atoms. The van der Waals surface area contributed by atoms with Gasteiger partial charge in [0.15, 0.2) is 0 Å². The van der Waals surface area contributed by atoms with E-state index in [2.05, 4.69) is 0 Å². The molecule has 0 fully saturated rings. The highest BCUT2D eigenvalue weighted by molar-refractivity contribution is 5.85. The third-order valence-electron chi connectivity index (χ3n) is 1.86. The van der Waals surface area contributed by atoms with E-state index in [1.165, 1.54) is 6.92 Å². The van der Waals surface area contributed by atoms with Gasteiger partial charge in [0.1, 0.15) is 5.78 Å². The first kappa shape index (κ1) is 12.1. The summed E-state index contributed by atoms with van der Waals surface area (Å²) in [5, 5.41) is 0. The van der Waals surface area contributed by atoms with Crippen LogP contribution < -0.4 is 5.73 Å². The van der Waals surface area contributed by atoms with E-state index in [0.29, 0.717) is 19.5 Å². The maximum Gasteiger partial charge on any atom is 0.225 e. The van der Waals surface area contributed by atoms with Crippen LogP contribution in [0, 0.1) is 5.92 Å². The van der Waals surface area contributed by atoms with Gasteiger partial charge in [-0.05, 0) is 6.92 Å². The third kappa shape index (κ3) is 4.62. The predicted molar refractivity (Wildman–Crippen MR) is 51.2 cm³/mol. The van der Waals surface area contributed by atoms with Crippen LogP contribution in [0.15, 0.2) is 0 Å². The maximum absolute atomic E-state index is 11.5. The van der Waals surface area contributed by atoms with E-state index >= 15 is 0 Å². The number of likely N-dealkylation sites (N-methyl/N-ethyl adjacent to an activating group) is 1. The second-order valence-corrected chi connectivity index (χ2v) is 3.36. The van der Waals surface area contributed by atoms with Gasteiger partial charge in [-0.25, -0.2) is 0 Å². The van der Waals surface area contributed by atoms with Crippen LogP contribution in [0.3, 0.4) is 0 Å². The zero-order chi connectivity index (χ0) is 10.4. The van der Waals surface area contributed by atoms with Gasteiger partial charge in [-0.15, -0.1) is 0 Å². The Bertz CT molecular complexity index is 192. The number of nitrogens with two attached hydrogens (primary N) is 1. The van der Waals surface area contributed by atoms with Gasteiger partial charge in [-0.3, -0.25) is 4.79 Å². The summed E-state index contributed by atoms with van der Waals surface area (Å²) in [6.45, 7) is 4.25. The van der Waals surface area contributed by atoms with Crippen molar-refractivity contribution >= 4 is 11.7 Å². The Morgan fingerprint density at radius 2 is 2.00 bits per heavy atom. The molecule has 0 bridgehead atoms. The summed E-state index contributed by atoms with van der Waals surface area (Å²) >= 11 is 0. The van der Waals surface area contributed by atoms with Crippen LogP contribution in [0.2, 0.25) is 0 Å². The van der Waals surface area contributed by atoms with E-state index in [1.807, 2.05) is 0 Å². The molecule has 0 aliphatic carbocycles. The Kier molecular flexibility index (Phi) is 5.30. The summed E-state index contributed by atoms with van der Waals surface area (Å²) < 4.78 is 0. The summed E-state index contributed by atoms with van der Waals surface area (Å²) in [5.41, 5.74) is 5.31. The largest absolute Gasteiger partial charge is 0.344 e. The molecule has 13 heavy (non-hydrogen) atoms. The normalized spacial score (nSPS) is 12.3. The average Bonchev–Trinajstić information content (AvgIpc) is 2.02. The van der Waals surface area contributed by atoms with Crippen molar-refractivity contribution < 1.29 is 9.59 Å². The van der Waals surface area contributed by atoms with Gasteiger partial charge in [-0.1, -0.05) is 6.92 Å². The molecule has 0 radical (unpaired) electrons. The number of hydrogen-bond donors (Lipinski definition) is 1. The fourth-order valence-corrected chi connectivity index (χ4v) is 1.20. The number of amides is 1. The van der Waals surface area contributed by atoms with E-state index < -0.39 is 0 Å². The van der Waals surface area contributed by atoms with Crippen LogP contribution >= 0.6 is 0 Å². The lowest BCUT2D eigenvalue weighted by atomic mass is 10.0. The van der Waals surface area contributed by atoms with Gasteiger partial charge >= 0.3 is 0 Å². The minimum atomic E-state index is -0.228. The first-order chi connectivity index (χ1) is 5.99. The molecule has 0 aliphatic rings. The minimum absolute atomic E-state index is 0.0133. The van der Waals surface area contributed by atoms with E-state index in [-0.39, 0.29) is 17.6 Å². The second-order valence-electron chi connectivity index (χ2n) is 3.36. The lowest BCUT2D eigenvalue weighted by Gasteiger charge is -2.19.